The molecule has 1 aliphatic heterocycles. The van der Waals surface area contributed by atoms with Gasteiger partial charge in [-0.3, -0.25) is 0 Å². The van der Waals surface area contributed by atoms with Gasteiger partial charge in [0.25, 0.3) is 0 Å². The van der Waals surface area contributed by atoms with Crippen molar-refractivity contribution in [1.29, 1.82) is 0 Å². The zero-order chi connectivity index (χ0) is 16.2. The van der Waals surface area contributed by atoms with E-state index in [9.17, 15) is 0 Å². The Morgan fingerprint density at radius 1 is 1.13 bits per heavy atom. The zero-order valence-electron chi connectivity index (χ0n) is 13.8. The predicted molar refractivity (Wildman–Crippen MR) is 92.7 cm³/mol. The number of hydrogen-bond donors (Lipinski definition) is 1. The molecule has 5 nitrogen and oxygen atoms in total. The summed E-state index contributed by atoms with van der Waals surface area (Å²) in [5.74, 6) is 2.16. The number of rotatable bonds is 3. The van der Waals surface area contributed by atoms with E-state index in [-0.39, 0.29) is 0 Å². The Kier molecular flexibility index (Phi) is 4.65. The maximum atomic E-state index is 5.86. The van der Waals surface area contributed by atoms with E-state index < -0.39 is 0 Å². The molecule has 0 unspecified atom stereocenters. The maximum Gasteiger partial charge on any atom is 0.222 e. The molecule has 2 heterocycles. The molecular formula is C18H24N4O. The predicted octanol–water partition coefficient (Wildman–Crippen LogP) is 3.50. The van der Waals surface area contributed by atoms with Crippen molar-refractivity contribution < 1.29 is 4.74 Å². The summed E-state index contributed by atoms with van der Waals surface area (Å²) in [5.41, 5.74) is 8.06. The second-order valence-electron chi connectivity index (χ2n) is 6.06. The lowest BCUT2D eigenvalue weighted by Crippen LogP contribution is -2.29. The molecule has 0 saturated carbocycles. The number of anilines is 2. The Hall–Kier alpha value is -2.30. The van der Waals surface area contributed by atoms with E-state index in [1.54, 1.807) is 7.11 Å². The molecule has 0 radical (unpaired) electrons. The maximum absolute atomic E-state index is 5.86. The summed E-state index contributed by atoms with van der Waals surface area (Å²) in [6.07, 6.45) is 4.78. The van der Waals surface area contributed by atoms with Crippen LogP contribution in [-0.4, -0.2) is 23.6 Å². The van der Waals surface area contributed by atoms with Crippen LogP contribution in [0.15, 0.2) is 30.3 Å². The minimum atomic E-state index is 0.317. The van der Waals surface area contributed by atoms with Gasteiger partial charge in [-0.25, -0.2) is 4.98 Å². The van der Waals surface area contributed by atoms with Crippen LogP contribution in [0.3, 0.4) is 0 Å². The van der Waals surface area contributed by atoms with Crippen LogP contribution in [0.5, 0.6) is 5.75 Å². The number of methoxy groups -OCH3 is 1. The average Bonchev–Trinajstić information content (AvgIpc) is 2.80. The Labute approximate surface area is 137 Å². The minimum Gasteiger partial charge on any atom is -0.497 e. The molecule has 2 aromatic rings. The van der Waals surface area contributed by atoms with Gasteiger partial charge in [-0.05, 0) is 37.5 Å². The average molecular weight is 312 g/mol. The lowest BCUT2D eigenvalue weighted by atomic mass is 10.0. The van der Waals surface area contributed by atoms with E-state index in [0.29, 0.717) is 12.0 Å². The molecule has 1 aromatic heterocycles. The number of aryl methyl sites for hydroxylation is 1. The van der Waals surface area contributed by atoms with Crippen LogP contribution in [0.25, 0.3) is 0 Å². The van der Waals surface area contributed by atoms with Gasteiger partial charge in [0, 0.05) is 18.3 Å². The van der Waals surface area contributed by atoms with Crippen LogP contribution >= 0.6 is 0 Å². The summed E-state index contributed by atoms with van der Waals surface area (Å²) in [4.78, 5) is 11.0. The quantitative estimate of drug-likeness (QED) is 0.939. The first-order valence-corrected chi connectivity index (χ1v) is 8.19. The topological polar surface area (TPSA) is 64.3 Å². The van der Waals surface area contributed by atoms with E-state index in [1.165, 1.54) is 24.8 Å². The van der Waals surface area contributed by atoms with Crippen molar-refractivity contribution in [3.63, 3.8) is 0 Å². The van der Waals surface area contributed by atoms with Gasteiger partial charge in [-0.1, -0.05) is 25.0 Å². The summed E-state index contributed by atoms with van der Waals surface area (Å²) in [7, 11) is 1.69. The molecule has 0 bridgehead atoms. The molecule has 0 spiro atoms. The smallest absolute Gasteiger partial charge is 0.222 e. The van der Waals surface area contributed by atoms with Crippen LogP contribution in [-0.2, 0) is 0 Å². The molecule has 1 atom stereocenters. The van der Waals surface area contributed by atoms with Gasteiger partial charge in [-0.15, -0.1) is 0 Å². The molecule has 5 heteroatoms. The highest BCUT2D eigenvalue weighted by atomic mass is 16.5. The lowest BCUT2D eigenvalue weighted by Gasteiger charge is -2.31. The molecule has 0 aliphatic carbocycles. The van der Waals surface area contributed by atoms with Crippen LogP contribution in [0.2, 0.25) is 0 Å². The number of nitrogen functional groups attached to an aromatic ring is 1. The number of benzene rings is 1. The second-order valence-corrected chi connectivity index (χ2v) is 6.06. The standard InChI is InChI=1S/C18H24N4O/c1-13-12-17(21-18(19)20-13)22-11-5-3-4-6-16(22)14-7-9-15(23-2)10-8-14/h7-10,12,16H,3-6,11H2,1-2H3,(H2,19,20,21)/t16-/m1/s1. The van der Waals surface area contributed by atoms with Crippen molar-refractivity contribution in [2.45, 2.75) is 38.6 Å². The zero-order valence-corrected chi connectivity index (χ0v) is 13.8. The van der Waals surface area contributed by atoms with Gasteiger partial charge in [0.1, 0.15) is 11.6 Å². The third-order valence-corrected chi connectivity index (χ3v) is 4.41. The third-order valence-electron chi connectivity index (χ3n) is 4.41. The molecule has 1 saturated heterocycles. The number of hydrogen-bond acceptors (Lipinski definition) is 5. The van der Waals surface area contributed by atoms with Crippen LogP contribution in [0.4, 0.5) is 11.8 Å². The molecule has 0 amide bonds. The van der Waals surface area contributed by atoms with Crippen molar-refractivity contribution >= 4 is 11.8 Å². The fourth-order valence-electron chi connectivity index (χ4n) is 3.28. The number of nitrogens with two attached hydrogens (primary N) is 1. The fraction of sp³-hybridized carbons (Fsp3) is 0.444. The summed E-state index contributed by atoms with van der Waals surface area (Å²) < 4.78 is 5.27. The lowest BCUT2D eigenvalue weighted by molar-refractivity contribution is 0.414. The normalized spacial score (nSPS) is 18.5. The molecule has 122 valence electrons. The highest BCUT2D eigenvalue weighted by molar-refractivity contribution is 5.47. The number of ether oxygens (including phenoxy) is 1. The van der Waals surface area contributed by atoms with Gasteiger partial charge in [0.05, 0.1) is 13.2 Å². The summed E-state index contributed by atoms with van der Waals surface area (Å²) in [6.45, 7) is 2.95. The SMILES string of the molecule is COc1ccc([C@H]2CCCCCN2c2cc(C)nc(N)n2)cc1. The number of nitrogens with zero attached hydrogens (tertiary/aromatic N) is 3. The Balaban J connectivity index is 1.96. The van der Waals surface area contributed by atoms with Crippen LogP contribution < -0.4 is 15.4 Å². The van der Waals surface area contributed by atoms with Crippen LogP contribution in [0, 0.1) is 6.92 Å². The molecular weight excluding hydrogens is 288 g/mol. The summed E-state index contributed by atoms with van der Waals surface area (Å²) in [6, 6.07) is 10.7. The van der Waals surface area contributed by atoms with Crippen molar-refractivity contribution in [3.8, 4) is 5.75 Å². The minimum absolute atomic E-state index is 0.317. The highest BCUT2D eigenvalue weighted by Crippen LogP contribution is 2.34. The third kappa shape index (κ3) is 3.55. The van der Waals surface area contributed by atoms with E-state index in [4.69, 9.17) is 10.5 Å². The van der Waals surface area contributed by atoms with Crippen LogP contribution in [0.1, 0.15) is 43.0 Å². The highest BCUT2D eigenvalue weighted by Gasteiger charge is 2.24. The first kappa shape index (κ1) is 15.6. The largest absolute Gasteiger partial charge is 0.497 e. The summed E-state index contributed by atoms with van der Waals surface area (Å²) in [5, 5.41) is 0. The Morgan fingerprint density at radius 2 is 1.91 bits per heavy atom. The van der Waals surface area contributed by atoms with Crippen molar-refractivity contribution in [1.82, 2.24) is 9.97 Å². The second kappa shape index (κ2) is 6.86. The van der Waals surface area contributed by atoms with Crippen molar-refractivity contribution in [2.24, 2.45) is 0 Å². The van der Waals surface area contributed by atoms with E-state index in [1.807, 2.05) is 25.1 Å². The molecule has 2 N–H and O–H groups in total. The van der Waals surface area contributed by atoms with E-state index in [2.05, 4.69) is 27.0 Å². The molecule has 1 fully saturated rings. The van der Waals surface area contributed by atoms with Crippen molar-refractivity contribution in [3.05, 3.63) is 41.6 Å². The molecule has 3 rings (SSSR count). The first-order chi connectivity index (χ1) is 11.2. The Bertz CT molecular complexity index is 636. The fourth-order valence-corrected chi connectivity index (χ4v) is 3.28. The molecule has 1 aromatic carbocycles. The monoisotopic (exact) mass is 312 g/mol. The van der Waals surface area contributed by atoms with E-state index in [0.717, 1.165) is 30.2 Å². The van der Waals surface area contributed by atoms with Gasteiger partial charge in [0.15, 0.2) is 0 Å². The molecule has 23 heavy (non-hydrogen) atoms. The first-order valence-electron chi connectivity index (χ1n) is 8.19. The molecule has 1 aliphatic rings. The number of aromatic nitrogens is 2. The summed E-state index contributed by atoms with van der Waals surface area (Å²) >= 11 is 0. The van der Waals surface area contributed by atoms with Gasteiger partial charge in [0.2, 0.25) is 5.95 Å². The van der Waals surface area contributed by atoms with Gasteiger partial charge >= 0.3 is 0 Å². The van der Waals surface area contributed by atoms with Gasteiger partial charge < -0.3 is 15.4 Å². The van der Waals surface area contributed by atoms with E-state index >= 15 is 0 Å². The van der Waals surface area contributed by atoms with Crippen molar-refractivity contribution in [2.75, 3.05) is 24.3 Å². The van der Waals surface area contributed by atoms with Gasteiger partial charge in [-0.2, -0.15) is 4.98 Å². The Morgan fingerprint density at radius 3 is 2.61 bits per heavy atom.